The van der Waals surface area contributed by atoms with E-state index in [1.165, 1.54) is 12.3 Å². The monoisotopic (exact) mass is 233 g/mol. The molecular weight excluding hydrogens is 224 g/mol. The molecule has 0 aliphatic heterocycles. The maximum atomic E-state index is 13.4. The Balaban J connectivity index is 2.47. The highest BCUT2D eigenvalue weighted by molar-refractivity contribution is 6.07. The Bertz CT molecular complexity index is 581. The summed E-state index contributed by atoms with van der Waals surface area (Å²) in [6, 6.07) is 6.03. The lowest BCUT2D eigenvalue weighted by molar-refractivity contribution is 0.103. The minimum atomic E-state index is -0.750. The Labute approximate surface area is 96.9 Å². The summed E-state index contributed by atoms with van der Waals surface area (Å²) in [7, 11) is 0. The zero-order valence-corrected chi connectivity index (χ0v) is 9.08. The zero-order chi connectivity index (χ0) is 12.4. The summed E-state index contributed by atoms with van der Waals surface area (Å²) in [6.45, 7) is 1.79. The van der Waals surface area contributed by atoms with Crippen LogP contribution < -0.4 is 0 Å². The molecule has 0 atom stereocenters. The Morgan fingerprint density at radius 2 is 1.94 bits per heavy atom. The third-order valence-electron chi connectivity index (χ3n) is 2.32. The van der Waals surface area contributed by atoms with Crippen molar-refractivity contribution in [3.8, 4) is 0 Å². The topological polar surface area (TPSA) is 30.0 Å². The summed E-state index contributed by atoms with van der Waals surface area (Å²) >= 11 is 0. The van der Waals surface area contributed by atoms with Gasteiger partial charge in [-0.25, -0.2) is 8.78 Å². The molecule has 1 aromatic carbocycles. The number of hydrogen-bond donors (Lipinski definition) is 0. The normalized spacial score (nSPS) is 10.3. The van der Waals surface area contributed by atoms with Crippen molar-refractivity contribution in [2.75, 3.05) is 0 Å². The molecule has 0 N–H and O–H groups in total. The molecule has 0 aliphatic rings. The molecule has 0 unspecified atom stereocenters. The van der Waals surface area contributed by atoms with Crippen LogP contribution in [-0.4, -0.2) is 10.8 Å². The molecule has 0 bridgehead atoms. The Hall–Kier alpha value is -2.10. The molecule has 0 saturated heterocycles. The van der Waals surface area contributed by atoms with Crippen LogP contribution >= 0.6 is 0 Å². The number of ketones is 1. The van der Waals surface area contributed by atoms with E-state index in [2.05, 4.69) is 4.98 Å². The first-order valence-electron chi connectivity index (χ1n) is 5.00. The lowest BCUT2D eigenvalue weighted by atomic mass is 10.1. The van der Waals surface area contributed by atoms with Gasteiger partial charge in [-0.05, 0) is 42.8 Å². The minimum Gasteiger partial charge on any atom is -0.287 e. The largest absolute Gasteiger partial charge is 0.287 e. The molecule has 4 heteroatoms. The van der Waals surface area contributed by atoms with Crippen LogP contribution in [0.1, 0.15) is 21.6 Å². The molecule has 1 heterocycles. The molecule has 2 nitrogen and oxygen atoms in total. The van der Waals surface area contributed by atoms with E-state index in [0.29, 0.717) is 0 Å². The van der Waals surface area contributed by atoms with Crippen molar-refractivity contribution < 1.29 is 13.6 Å². The summed E-state index contributed by atoms with van der Waals surface area (Å²) in [5.74, 6) is -2.02. The average molecular weight is 233 g/mol. The number of carbonyl (C=O) groups excluding carboxylic acids is 1. The highest BCUT2D eigenvalue weighted by Gasteiger charge is 2.16. The molecule has 1 aromatic heterocycles. The van der Waals surface area contributed by atoms with Gasteiger partial charge in [0.15, 0.2) is 0 Å². The van der Waals surface area contributed by atoms with Gasteiger partial charge in [0.1, 0.15) is 17.3 Å². The number of benzene rings is 1. The van der Waals surface area contributed by atoms with Crippen molar-refractivity contribution in [3.63, 3.8) is 0 Å². The van der Waals surface area contributed by atoms with Gasteiger partial charge in [0.25, 0.3) is 0 Å². The van der Waals surface area contributed by atoms with Crippen LogP contribution in [0.4, 0.5) is 8.78 Å². The van der Waals surface area contributed by atoms with E-state index < -0.39 is 17.4 Å². The maximum absolute atomic E-state index is 13.4. The second-order valence-corrected chi connectivity index (χ2v) is 3.67. The van der Waals surface area contributed by atoms with Gasteiger partial charge >= 0.3 is 0 Å². The molecule has 0 amide bonds. The molecule has 0 saturated carbocycles. The fourth-order valence-electron chi connectivity index (χ4n) is 1.47. The number of halogens is 2. The number of aromatic nitrogens is 1. The van der Waals surface area contributed by atoms with Gasteiger partial charge < -0.3 is 0 Å². The van der Waals surface area contributed by atoms with Crippen LogP contribution in [-0.2, 0) is 0 Å². The van der Waals surface area contributed by atoms with Crippen molar-refractivity contribution in [1.29, 1.82) is 0 Å². The molecule has 2 aromatic rings. The van der Waals surface area contributed by atoms with Crippen LogP contribution in [0.5, 0.6) is 0 Å². The molecule has 0 radical (unpaired) electrons. The van der Waals surface area contributed by atoms with Crippen molar-refractivity contribution in [3.05, 3.63) is 65.0 Å². The van der Waals surface area contributed by atoms with Gasteiger partial charge in [0, 0.05) is 6.20 Å². The van der Waals surface area contributed by atoms with Crippen LogP contribution in [0.2, 0.25) is 0 Å². The van der Waals surface area contributed by atoms with E-state index in [1.54, 1.807) is 13.0 Å². The Morgan fingerprint density at radius 1 is 1.18 bits per heavy atom. The van der Waals surface area contributed by atoms with E-state index in [1.807, 2.05) is 0 Å². The summed E-state index contributed by atoms with van der Waals surface area (Å²) in [4.78, 5) is 15.8. The van der Waals surface area contributed by atoms with Crippen LogP contribution in [0.3, 0.4) is 0 Å². The number of carbonyl (C=O) groups is 1. The average Bonchev–Trinajstić information content (AvgIpc) is 2.31. The molecule has 0 spiro atoms. The molecule has 0 aliphatic carbocycles. The lowest BCUT2D eigenvalue weighted by Gasteiger charge is -2.03. The zero-order valence-electron chi connectivity index (χ0n) is 9.08. The van der Waals surface area contributed by atoms with Crippen molar-refractivity contribution >= 4 is 5.78 Å². The first-order chi connectivity index (χ1) is 8.08. The van der Waals surface area contributed by atoms with Gasteiger partial charge in [0.2, 0.25) is 5.78 Å². The van der Waals surface area contributed by atoms with E-state index in [0.717, 1.165) is 23.8 Å². The van der Waals surface area contributed by atoms with E-state index >= 15 is 0 Å². The maximum Gasteiger partial charge on any atom is 0.214 e. The first kappa shape index (κ1) is 11.4. The molecule has 2 rings (SSSR count). The van der Waals surface area contributed by atoms with Crippen molar-refractivity contribution in [2.45, 2.75) is 6.92 Å². The summed E-state index contributed by atoms with van der Waals surface area (Å²) < 4.78 is 26.4. The predicted molar refractivity (Wildman–Crippen MR) is 58.8 cm³/mol. The van der Waals surface area contributed by atoms with Crippen molar-refractivity contribution in [2.24, 2.45) is 0 Å². The quantitative estimate of drug-likeness (QED) is 0.746. The van der Waals surface area contributed by atoms with Gasteiger partial charge in [-0.1, -0.05) is 0 Å². The first-order valence-corrected chi connectivity index (χ1v) is 5.00. The summed E-state index contributed by atoms with van der Waals surface area (Å²) in [5, 5.41) is 0. The standard InChI is InChI=1S/C13H9F2NO/c1-8-4-5-16-12(6-8)13(17)10-7-9(14)2-3-11(10)15/h2-7H,1H3. The van der Waals surface area contributed by atoms with E-state index in [9.17, 15) is 13.6 Å². The third kappa shape index (κ3) is 2.36. The van der Waals surface area contributed by atoms with E-state index in [4.69, 9.17) is 0 Å². The Kier molecular flexibility index (Phi) is 2.95. The SMILES string of the molecule is Cc1ccnc(C(=O)c2cc(F)ccc2F)c1. The number of pyridine rings is 1. The molecule has 17 heavy (non-hydrogen) atoms. The number of rotatable bonds is 2. The lowest BCUT2D eigenvalue weighted by Crippen LogP contribution is -2.07. The number of hydrogen-bond acceptors (Lipinski definition) is 2. The van der Waals surface area contributed by atoms with E-state index in [-0.39, 0.29) is 11.3 Å². The van der Waals surface area contributed by atoms with Crippen LogP contribution in [0, 0.1) is 18.6 Å². The number of nitrogens with zero attached hydrogens (tertiary/aromatic N) is 1. The molecule has 86 valence electrons. The van der Waals surface area contributed by atoms with Crippen LogP contribution in [0.25, 0.3) is 0 Å². The van der Waals surface area contributed by atoms with Gasteiger partial charge in [-0.3, -0.25) is 9.78 Å². The summed E-state index contributed by atoms with van der Waals surface area (Å²) in [6.07, 6.45) is 1.46. The molecule has 0 fully saturated rings. The fraction of sp³-hybridized carbons (Fsp3) is 0.0769. The number of aryl methyl sites for hydroxylation is 1. The van der Waals surface area contributed by atoms with Crippen LogP contribution in [0.15, 0.2) is 36.5 Å². The van der Waals surface area contributed by atoms with Gasteiger partial charge in [-0.2, -0.15) is 0 Å². The third-order valence-corrected chi connectivity index (χ3v) is 2.32. The van der Waals surface area contributed by atoms with Crippen molar-refractivity contribution in [1.82, 2.24) is 4.98 Å². The fourth-order valence-corrected chi connectivity index (χ4v) is 1.47. The Morgan fingerprint density at radius 3 is 2.65 bits per heavy atom. The second-order valence-electron chi connectivity index (χ2n) is 3.67. The highest BCUT2D eigenvalue weighted by atomic mass is 19.1. The minimum absolute atomic E-state index is 0.106. The predicted octanol–water partition coefficient (Wildman–Crippen LogP) is 2.90. The van der Waals surface area contributed by atoms with Gasteiger partial charge in [0.05, 0.1) is 5.56 Å². The summed E-state index contributed by atoms with van der Waals surface area (Å²) in [5.41, 5.74) is 0.637. The second kappa shape index (κ2) is 4.41. The van der Waals surface area contributed by atoms with Gasteiger partial charge in [-0.15, -0.1) is 0 Å². The highest BCUT2D eigenvalue weighted by Crippen LogP contribution is 2.14. The smallest absolute Gasteiger partial charge is 0.214 e. The molecular formula is C13H9F2NO.